The number of carbonyl (C=O) groups is 1. The molecule has 0 unspecified atom stereocenters. The Morgan fingerprint density at radius 1 is 1.05 bits per heavy atom. The Morgan fingerprint density at radius 3 is 2.35 bits per heavy atom. The Kier molecular flexibility index (Phi) is 8.84. The van der Waals surface area contributed by atoms with E-state index in [1.807, 2.05) is 29.8 Å². The van der Waals surface area contributed by atoms with E-state index in [1.54, 1.807) is 0 Å². The molecule has 0 radical (unpaired) electrons. The fourth-order valence-corrected chi connectivity index (χ4v) is 2.42. The van der Waals surface area contributed by atoms with E-state index in [0.717, 1.165) is 13.0 Å². The van der Waals surface area contributed by atoms with Crippen LogP contribution in [0.2, 0.25) is 0 Å². The van der Waals surface area contributed by atoms with Crippen LogP contribution in [0.3, 0.4) is 0 Å². The van der Waals surface area contributed by atoms with Crippen LogP contribution in [0.15, 0.2) is 18.3 Å². The fraction of sp³-hybridized carbons (Fsp3) is 0.706. The third-order valence-electron chi connectivity index (χ3n) is 3.57. The third-order valence-corrected chi connectivity index (χ3v) is 3.57. The van der Waals surface area contributed by atoms with Crippen molar-refractivity contribution in [3.8, 4) is 0 Å². The molecule has 114 valence electrons. The maximum atomic E-state index is 11.7. The van der Waals surface area contributed by atoms with E-state index in [2.05, 4.69) is 6.92 Å². The predicted molar refractivity (Wildman–Crippen MR) is 83.0 cm³/mol. The van der Waals surface area contributed by atoms with Gasteiger partial charge in [0.25, 0.3) is 0 Å². The topological polar surface area (TPSA) is 31.2 Å². The highest BCUT2D eigenvalue weighted by atomic mass is 16.5. The van der Waals surface area contributed by atoms with Crippen molar-refractivity contribution in [3.05, 3.63) is 24.0 Å². The number of carbonyl (C=O) groups excluding carboxylic acids is 1. The Balaban J connectivity index is 2.16. The molecule has 0 bridgehead atoms. The Bertz CT molecular complexity index is 371. The first kappa shape index (κ1) is 16.8. The maximum absolute atomic E-state index is 11.7. The molecule has 0 aliphatic rings. The molecule has 1 aromatic rings. The van der Waals surface area contributed by atoms with Gasteiger partial charge in [-0.15, -0.1) is 0 Å². The summed E-state index contributed by atoms with van der Waals surface area (Å²) in [4.78, 5) is 11.7. The SMILES string of the molecule is CCCCCCCCCCn1cccc1C(=O)OCC. The molecule has 0 saturated heterocycles. The predicted octanol–water partition coefficient (Wildman–Crippen LogP) is 4.81. The minimum Gasteiger partial charge on any atom is -0.461 e. The van der Waals surface area contributed by atoms with Gasteiger partial charge in [0.05, 0.1) is 6.61 Å². The van der Waals surface area contributed by atoms with Crippen LogP contribution in [0, 0.1) is 0 Å². The lowest BCUT2D eigenvalue weighted by Crippen LogP contribution is -2.11. The lowest BCUT2D eigenvalue weighted by atomic mass is 10.1. The van der Waals surface area contributed by atoms with Crippen LogP contribution in [0.4, 0.5) is 0 Å². The standard InChI is InChI=1S/C17H29NO2/c1-3-5-6-7-8-9-10-11-14-18-15-12-13-16(18)17(19)20-4-2/h12-13,15H,3-11,14H2,1-2H3. The van der Waals surface area contributed by atoms with Gasteiger partial charge in [0, 0.05) is 12.7 Å². The highest BCUT2D eigenvalue weighted by Crippen LogP contribution is 2.11. The molecule has 0 fully saturated rings. The largest absolute Gasteiger partial charge is 0.461 e. The third kappa shape index (κ3) is 6.27. The highest BCUT2D eigenvalue weighted by Gasteiger charge is 2.10. The fourth-order valence-electron chi connectivity index (χ4n) is 2.42. The maximum Gasteiger partial charge on any atom is 0.354 e. The van der Waals surface area contributed by atoms with Crippen molar-refractivity contribution in [1.82, 2.24) is 4.57 Å². The van der Waals surface area contributed by atoms with Crippen LogP contribution in [0.5, 0.6) is 0 Å². The summed E-state index contributed by atoms with van der Waals surface area (Å²) in [7, 11) is 0. The van der Waals surface area contributed by atoms with E-state index in [-0.39, 0.29) is 5.97 Å². The first-order chi connectivity index (χ1) is 9.79. The van der Waals surface area contributed by atoms with Crippen molar-refractivity contribution < 1.29 is 9.53 Å². The molecule has 0 atom stereocenters. The summed E-state index contributed by atoms with van der Waals surface area (Å²) in [5.74, 6) is -0.211. The molecule has 0 amide bonds. The number of hydrogen-bond acceptors (Lipinski definition) is 2. The molecule has 1 rings (SSSR count). The molecule has 0 aromatic carbocycles. The van der Waals surface area contributed by atoms with Crippen molar-refractivity contribution in [2.24, 2.45) is 0 Å². The Labute approximate surface area is 123 Å². The molecular formula is C17H29NO2. The molecule has 3 nitrogen and oxygen atoms in total. The van der Waals surface area contributed by atoms with Crippen molar-refractivity contribution in [1.29, 1.82) is 0 Å². The van der Waals surface area contributed by atoms with Crippen LogP contribution in [-0.4, -0.2) is 17.1 Å². The van der Waals surface area contributed by atoms with Gasteiger partial charge in [0.1, 0.15) is 5.69 Å². The zero-order chi connectivity index (χ0) is 14.6. The second kappa shape index (κ2) is 10.5. The number of aryl methyl sites for hydroxylation is 1. The van der Waals surface area contributed by atoms with Crippen LogP contribution in [-0.2, 0) is 11.3 Å². The molecule has 0 N–H and O–H groups in total. The summed E-state index contributed by atoms with van der Waals surface area (Å²) in [6, 6.07) is 3.75. The highest BCUT2D eigenvalue weighted by molar-refractivity contribution is 5.87. The number of hydrogen-bond donors (Lipinski definition) is 0. The van der Waals surface area contributed by atoms with Crippen molar-refractivity contribution in [2.75, 3.05) is 6.61 Å². The smallest absolute Gasteiger partial charge is 0.354 e. The Hall–Kier alpha value is -1.25. The van der Waals surface area contributed by atoms with Crippen LogP contribution in [0.1, 0.15) is 75.7 Å². The molecule has 0 saturated carbocycles. The quantitative estimate of drug-likeness (QED) is 0.430. The van der Waals surface area contributed by atoms with Gasteiger partial charge < -0.3 is 9.30 Å². The minimum atomic E-state index is -0.211. The molecule has 0 spiro atoms. The molecule has 20 heavy (non-hydrogen) atoms. The van der Waals surface area contributed by atoms with E-state index in [0.29, 0.717) is 12.3 Å². The molecular weight excluding hydrogens is 250 g/mol. The van der Waals surface area contributed by atoms with Crippen molar-refractivity contribution in [3.63, 3.8) is 0 Å². The van der Waals surface area contributed by atoms with Gasteiger partial charge in [0.15, 0.2) is 0 Å². The zero-order valence-corrected chi connectivity index (χ0v) is 13.1. The molecule has 1 aromatic heterocycles. The minimum absolute atomic E-state index is 0.211. The first-order valence-electron chi connectivity index (χ1n) is 8.11. The van der Waals surface area contributed by atoms with Crippen molar-refractivity contribution >= 4 is 5.97 Å². The van der Waals surface area contributed by atoms with E-state index in [4.69, 9.17) is 4.74 Å². The summed E-state index contributed by atoms with van der Waals surface area (Å²) in [6.07, 6.45) is 12.4. The second-order valence-electron chi connectivity index (χ2n) is 5.28. The first-order valence-corrected chi connectivity index (χ1v) is 8.11. The number of esters is 1. The zero-order valence-electron chi connectivity index (χ0n) is 13.1. The molecule has 0 aliphatic heterocycles. The van der Waals surface area contributed by atoms with E-state index in [9.17, 15) is 4.79 Å². The van der Waals surface area contributed by atoms with Gasteiger partial charge in [-0.25, -0.2) is 4.79 Å². The van der Waals surface area contributed by atoms with Crippen molar-refractivity contribution in [2.45, 2.75) is 71.8 Å². The van der Waals surface area contributed by atoms with Gasteiger partial charge in [-0.1, -0.05) is 51.9 Å². The summed E-state index contributed by atoms with van der Waals surface area (Å²) >= 11 is 0. The molecule has 0 aliphatic carbocycles. The van der Waals surface area contributed by atoms with E-state index in [1.165, 1.54) is 44.9 Å². The van der Waals surface area contributed by atoms with Crippen LogP contribution in [0.25, 0.3) is 0 Å². The lowest BCUT2D eigenvalue weighted by molar-refractivity contribution is 0.0513. The number of rotatable bonds is 11. The molecule has 1 heterocycles. The van der Waals surface area contributed by atoms with Gasteiger partial charge >= 0.3 is 5.97 Å². The van der Waals surface area contributed by atoms with Gasteiger partial charge in [-0.05, 0) is 25.5 Å². The summed E-state index contributed by atoms with van der Waals surface area (Å²) in [5.41, 5.74) is 0.676. The Morgan fingerprint density at radius 2 is 1.70 bits per heavy atom. The van der Waals surface area contributed by atoms with Crippen LogP contribution < -0.4 is 0 Å². The average Bonchev–Trinajstić information content (AvgIpc) is 2.90. The number of aromatic nitrogens is 1. The second-order valence-corrected chi connectivity index (χ2v) is 5.28. The van der Waals surface area contributed by atoms with Gasteiger partial charge in [-0.3, -0.25) is 0 Å². The number of unbranched alkanes of at least 4 members (excludes halogenated alkanes) is 7. The summed E-state index contributed by atoms with van der Waals surface area (Å²) in [5, 5.41) is 0. The van der Waals surface area contributed by atoms with Gasteiger partial charge in [0.2, 0.25) is 0 Å². The normalized spacial score (nSPS) is 10.7. The number of ether oxygens (including phenoxy) is 1. The lowest BCUT2D eigenvalue weighted by Gasteiger charge is -2.08. The van der Waals surface area contributed by atoms with E-state index < -0.39 is 0 Å². The number of nitrogens with zero attached hydrogens (tertiary/aromatic N) is 1. The van der Waals surface area contributed by atoms with E-state index >= 15 is 0 Å². The monoisotopic (exact) mass is 279 g/mol. The van der Waals surface area contributed by atoms with Gasteiger partial charge in [-0.2, -0.15) is 0 Å². The molecule has 3 heteroatoms. The summed E-state index contributed by atoms with van der Waals surface area (Å²) < 4.78 is 7.06. The summed E-state index contributed by atoms with van der Waals surface area (Å²) in [6.45, 7) is 5.43. The average molecular weight is 279 g/mol. The van der Waals surface area contributed by atoms with Crippen LogP contribution >= 0.6 is 0 Å².